The minimum absolute atomic E-state index is 0.0501. The van der Waals surface area contributed by atoms with E-state index in [1.54, 1.807) is 0 Å². The Balaban J connectivity index is 1.10. The van der Waals surface area contributed by atoms with Gasteiger partial charge in [-0.15, -0.1) is 11.3 Å². The van der Waals surface area contributed by atoms with Gasteiger partial charge < -0.3 is 4.90 Å². The van der Waals surface area contributed by atoms with Gasteiger partial charge in [0.25, 0.3) is 0 Å². The number of anilines is 3. The van der Waals surface area contributed by atoms with E-state index in [1.165, 1.54) is 98.3 Å². The first-order valence-corrected chi connectivity index (χ1v) is 20.5. The smallest absolute Gasteiger partial charge is 0.0640 e. The molecule has 0 aliphatic heterocycles. The lowest BCUT2D eigenvalue weighted by atomic mass is 9.81. The molecule has 56 heavy (non-hydrogen) atoms. The molecular formula is C54H41NS. The van der Waals surface area contributed by atoms with Gasteiger partial charge in [0, 0.05) is 37.7 Å². The molecule has 0 radical (unpaired) electrons. The molecule has 0 saturated carbocycles. The van der Waals surface area contributed by atoms with Crippen LogP contribution in [0.15, 0.2) is 176 Å². The van der Waals surface area contributed by atoms with Crippen LogP contribution in [0.3, 0.4) is 0 Å². The second-order valence-corrected chi connectivity index (χ2v) is 17.5. The predicted octanol–water partition coefficient (Wildman–Crippen LogP) is 15.5. The van der Waals surface area contributed by atoms with Gasteiger partial charge >= 0.3 is 0 Å². The Bertz CT molecular complexity index is 3020. The van der Waals surface area contributed by atoms with E-state index >= 15 is 0 Å². The molecule has 8 aromatic carbocycles. The van der Waals surface area contributed by atoms with Crippen LogP contribution < -0.4 is 4.90 Å². The maximum atomic E-state index is 2.49. The average molecular weight is 736 g/mol. The van der Waals surface area contributed by atoms with E-state index in [1.807, 2.05) is 11.3 Å². The topological polar surface area (TPSA) is 3.24 Å². The van der Waals surface area contributed by atoms with Gasteiger partial charge in [0.2, 0.25) is 0 Å². The molecule has 2 aliphatic carbocycles. The first-order chi connectivity index (χ1) is 27.3. The van der Waals surface area contributed by atoms with Crippen LogP contribution in [0.4, 0.5) is 17.1 Å². The maximum Gasteiger partial charge on any atom is 0.0640 e. The Labute approximate surface area is 333 Å². The van der Waals surface area contributed by atoms with E-state index in [0.29, 0.717) is 0 Å². The van der Waals surface area contributed by atoms with Gasteiger partial charge in [-0.2, -0.15) is 0 Å². The Kier molecular flexibility index (Phi) is 7.18. The third kappa shape index (κ3) is 4.79. The summed E-state index contributed by atoms with van der Waals surface area (Å²) in [4.78, 5) is 2.49. The zero-order chi connectivity index (χ0) is 37.8. The first-order valence-electron chi connectivity index (χ1n) is 19.7. The highest BCUT2D eigenvalue weighted by Crippen LogP contribution is 2.53. The number of benzene rings is 8. The van der Waals surface area contributed by atoms with Crippen molar-refractivity contribution in [3.63, 3.8) is 0 Å². The zero-order valence-electron chi connectivity index (χ0n) is 32.1. The fourth-order valence-electron chi connectivity index (χ4n) is 9.77. The monoisotopic (exact) mass is 735 g/mol. The summed E-state index contributed by atoms with van der Waals surface area (Å²) in [5.74, 6) is 0. The van der Waals surface area contributed by atoms with E-state index in [4.69, 9.17) is 0 Å². The summed E-state index contributed by atoms with van der Waals surface area (Å²) >= 11 is 1.92. The molecule has 2 heteroatoms. The first kappa shape index (κ1) is 33.1. The van der Waals surface area contributed by atoms with Crippen molar-refractivity contribution >= 4 is 48.6 Å². The molecule has 0 saturated heterocycles. The largest absolute Gasteiger partial charge is 0.309 e. The van der Waals surface area contributed by atoms with Crippen molar-refractivity contribution in [2.75, 3.05) is 4.90 Å². The number of thiophene rings is 1. The Morgan fingerprint density at radius 2 is 0.857 bits per heavy atom. The normalized spacial score (nSPS) is 14.4. The SMILES string of the molecule is CC1(C)c2ccccc2-c2ccc(-c3cccc4c3sc3c(N(c5ccc(-c6ccccc6)cc5)c5ccc6c(c5)C(C)(C)c5ccccc5-6)cccc34)cc21. The van der Waals surface area contributed by atoms with Gasteiger partial charge in [0.05, 0.1) is 10.4 Å². The Morgan fingerprint density at radius 1 is 0.357 bits per heavy atom. The summed E-state index contributed by atoms with van der Waals surface area (Å²) in [5.41, 5.74) is 19.3. The van der Waals surface area contributed by atoms with Crippen molar-refractivity contribution < 1.29 is 0 Å². The molecule has 0 spiro atoms. The highest BCUT2D eigenvalue weighted by Gasteiger charge is 2.37. The number of nitrogens with zero attached hydrogens (tertiary/aromatic N) is 1. The van der Waals surface area contributed by atoms with Crippen molar-refractivity contribution in [1.29, 1.82) is 0 Å². The van der Waals surface area contributed by atoms with E-state index < -0.39 is 0 Å². The average Bonchev–Trinajstić information content (AvgIpc) is 3.82. The second kappa shape index (κ2) is 12.1. The molecule has 0 amide bonds. The van der Waals surface area contributed by atoms with Gasteiger partial charge in [0.15, 0.2) is 0 Å². The second-order valence-electron chi connectivity index (χ2n) is 16.5. The summed E-state index contributed by atoms with van der Waals surface area (Å²) in [7, 11) is 0. The third-order valence-electron chi connectivity index (χ3n) is 12.7. The number of fused-ring (bicyclic) bond motifs is 9. The molecule has 9 aromatic rings. The highest BCUT2D eigenvalue weighted by atomic mass is 32.1. The van der Waals surface area contributed by atoms with E-state index in [-0.39, 0.29) is 10.8 Å². The van der Waals surface area contributed by atoms with Crippen molar-refractivity contribution in [2.24, 2.45) is 0 Å². The quantitative estimate of drug-likeness (QED) is 0.170. The standard InChI is InChI=1S/C54H41NS/c1-53(2)46-21-10-8-16-40(46)42-30-26-36(32-48(42)53)39-18-12-19-44-45-20-13-23-50(52(45)56-51(39)44)55(37-27-24-35(25-28-37)34-14-6-5-7-15-34)38-29-31-43-41-17-9-11-22-47(41)54(3,4)49(43)33-38/h5-33H,1-4H3. The Hall–Kier alpha value is -6.22. The molecule has 1 heterocycles. The van der Waals surface area contributed by atoms with E-state index in [2.05, 4.69) is 209 Å². The fourth-order valence-corrected chi connectivity index (χ4v) is 11.1. The Morgan fingerprint density at radius 3 is 1.55 bits per heavy atom. The van der Waals surface area contributed by atoms with Crippen LogP contribution in [-0.4, -0.2) is 0 Å². The van der Waals surface area contributed by atoms with Crippen LogP contribution in [0.2, 0.25) is 0 Å². The van der Waals surface area contributed by atoms with E-state index in [0.717, 1.165) is 5.69 Å². The minimum atomic E-state index is -0.102. The summed E-state index contributed by atoms with van der Waals surface area (Å²) in [6.07, 6.45) is 0. The maximum absolute atomic E-state index is 2.49. The lowest BCUT2D eigenvalue weighted by Crippen LogP contribution is -2.16. The van der Waals surface area contributed by atoms with Crippen LogP contribution in [0, 0.1) is 0 Å². The van der Waals surface area contributed by atoms with Gasteiger partial charge in [0.1, 0.15) is 0 Å². The molecule has 0 unspecified atom stereocenters. The molecule has 0 atom stereocenters. The molecule has 0 fully saturated rings. The summed E-state index contributed by atoms with van der Waals surface area (Å²) in [6, 6.07) is 65.6. The molecule has 1 nitrogen and oxygen atoms in total. The third-order valence-corrected chi connectivity index (χ3v) is 14.0. The van der Waals surface area contributed by atoms with Gasteiger partial charge in [-0.05, 0) is 103 Å². The van der Waals surface area contributed by atoms with E-state index in [9.17, 15) is 0 Å². The van der Waals surface area contributed by atoms with Crippen LogP contribution in [0.25, 0.3) is 64.7 Å². The van der Waals surface area contributed by atoms with Crippen LogP contribution in [0.5, 0.6) is 0 Å². The van der Waals surface area contributed by atoms with Gasteiger partial charge in [-0.1, -0.05) is 167 Å². The lowest BCUT2D eigenvalue weighted by Gasteiger charge is -2.28. The molecule has 268 valence electrons. The minimum Gasteiger partial charge on any atom is -0.309 e. The van der Waals surface area contributed by atoms with Crippen LogP contribution >= 0.6 is 11.3 Å². The summed E-state index contributed by atoms with van der Waals surface area (Å²) in [6.45, 7) is 9.47. The molecule has 1 aromatic heterocycles. The lowest BCUT2D eigenvalue weighted by molar-refractivity contribution is 0.660. The molecule has 2 aliphatic rings. The molecule has 0 N–H and O–H groups in total. The number of hydrogen-bond acceptors (Lipinski definition) is 2. The van der Waals surface area contributed by atoms with Crippen molar-refractivity contribution in [2.45, 2.75) is 38.5 Å². The van der Waals surface area contributed by atoms with Crippen LogP contribution in [0.1, 0.15) is 49.9 Å². The molecular weight excluding hydrogens is 695 g/mol. The van der Waals surface area contributed by atoms with Crippen molar-refractivity contribution in [1.82, 2.24) is 0 Å². The summed E-state index contributed by atoms with van der Waals surface area (Å²) < 4.78 is 2.62. The number of hydrogen-bond donors (Lipinski definition) is 0. The van der Waals surface area contributed by atoms with Gasteiger partial charge in [-0.25, -0.2) is 0 Å². The van der Waals surface area contributed by atoms with Crippen LogP contribution in [-0.2, 0) is 10.8 Å². The predicted molar refractivity (Wildman–Crippen MR) is 240 cm³/mol. The van der Waals surface area contributed by atoms with Crippen molar-refractivity contribution in [3.8, 4) is 44.5 Å². The van der Waals surface area contributed by atoms with Crippen molar-refractivity contribution in [3.05, 3.63) is 198 Å². The fraction of sp³-hybridized carbons (Fsp3) is 0.111. The highest BCUT2D eigenvalue weighted by molar-refractivity contribution is 7.27. The number of rotatable bonds is 5. The van der Waals surface area contributed by atoms with Gasteiger partial charge in [-0.3, -0.25) is 0 Å². The zero-order valence-corrected chi connectivity index (χ0v) is 32.9. The molecule has 0 bridgehead atoms. The summed E-state index contributed by atoms with van der Waals surface area (Å²) in [5, 5.41) is 2.59. The molecule has 11 rings (SSSR count).